The van der Waals surface area contributed by atoms with E-state index in [1.165, 1.54) is 11.8 Å². The van der Waals surface area contributed by atoms with Gasteiger partial charge in [0.15, 0.2) is 0 Å². The number of carboxylic acids is 1. The van der Waals surface area contributed by atoms with Crippen molar-refractivity contribution >= 4 is 34.8 Å². The second-order valence-electron chi connectivity index (χ2n) is 6.82. The predicted octanol–water partition coefficient (Wildman–Crippen LogP) is 1.06. The molecule has 1 fully saturated rings. The third kappa shape index (κ3) is 8.84. The highest BCUT2D eigenvalue weighted by Crippen LogP contribution is 2.22. The van der Waals surface area contributed by atoms with Crippen LogP contribution in [-0.2, 0) is 24.0 Å². The van der Waals surface area contributed by atoms with Crippen molar-refractivity contribution in [3.8, 4) is 0 Å². The molecule has 2 N–H and O–H groups in total. The van der Waals surface area contributed by atoms with Crippen LogP contribution in [0, 0.1) is 16.0 Å². The Kier molecular flexibility index (Phi) is 10.9. The Balaban J connectivity index is 2.28. The molecule has 3 atom stereocenters. The maximum absolute atomic E-state index is 12.5. The van der Waals surface area contributed by atoms with Crippen molar-refractivity contribution in [1.29, 1.82) is 0 Å². The van der Waals surface area contributed by atoms with Gasteiger partial charge >= 0.3 is 12.1 Å². The van der Waals surface area contributed by atoms with Gasteiger partial charge < -0.3 is 24.9 Å². The molecule has 13 heteroatoms. The summed E-state index contributed by atoms with van der Waals surface area (Å²) < 4.78 is 4.88. The number of unbranched alkanes of at least 4 members (excludes halogenated alkanes) is 1. The van der Waals surface area contributed by atoms with Gasteiger partial charge in [-0.1, -0.05) is 18.7 Å². The minimum absolute atomic E-state index is 0.0209. The monoisotopic (exact) mass is 449 g/mol. The van der Waals surface area contributed by atoms with Crippen molar-refractivity contribution in [1.82, 2.24) is 10.2 Å². The third-order valence-electron chi connectivity index (χ3n) is 4.37. The van der Waals surface area contributed by atoms with Crippen LogP contribution in [0.5, 0.6) is 0 Å². The number of carbonyl (C=O) groups excluding carboxylic acids is 3. The SMILES string of the molecule is CC(CSC(=O)[C@H](C)NC(=O)OCCCCO[N+](=O)[O-])C(=O)N1CCC[C@H]1C(=O)O. The van der Waals surface area contributed by atoms with Crippen LogP contribution < -0.4 is 5.32 Å². The van der Waals surface area contributed by atoms with Gasteiger partial charge in [0.25, 0.3) is 5.09 Å². The van der Waals surface area contributed by atoms with E-state index >= 15 is 0 Å². The minimum Gasteiger partial charge on any atom is -0.480 e. The zero-order valence-electron chi connectivity index (χ0n) is 16.9. The van der Waals surface area contributed by atoms with Crippen LogP contribution in [0.3, 0.4) is 0 Å². The molecule has 1 unspecified atom stereocenters. The van der Waals surface area contributed by atoms with Crippen molar-refractivity contribution in [3.05, 3.63) is 10.1 Å². The summed E-state index contributed by atoms with van der Waals surface area (Å²) >= 11 is 0.885. The number of alkyl carbamates (subject to hydrolysis) is 1. The number of carbonyl (C=O) groups is 4. The molecule has 0 bridgehead atoms. The quantitative estimate of drug-likeness (QED) is 0.250. The number of hydrogen-bond donors (Lipinski definition) is 2. The van der Waals surface area contributed by atoms with Crippen LogP contribution in [0.2, 0.25) is 0 Å². The van der Waals surface area contributed by atoms with Crippen LogP contribution in [0.1, 0.15) is 39.5 Å². The number of ether oxygens (including phenoxy) is 1. The summed E-state index contributed by atoms with van der Waals surface area (Å²) in [6.07, 6.45) is 0.965. The number of carboxylic acid groups (broad SMARTS) is 1. The average Bonchev–Trinajstić information content (AvgIpc) is 3.17. The summed E-state index contributed by atoms with van der Waals surface area (Å²) in [6.45, 7) is 3.43. The minimum atomic E-state index is -1.03. The molecule has 0 aromatic rings. The van der Waals surface area contributed by atoms with E-state index in [2.05, 4.69) is 10.2 Å². The molecule has 1 saturated heterocycles. The molecule has 170 valence electrons. The third-order valence-corrected chi connectivity index (χ3v) is 5.68. The van der Waals surface area contributed by atoms with E-state index in [-0.39, 0.29) is 30.0 Å². The molecule has 0 radical (unpaired) electrons. The lowest BCUT2D eigenvalue weighted by Crippen LogP contribution is -2.43. The van der Waals surface area contributed by atoms with E-state index in [0.29, 0.717) is 32.2 Å². The summed E-state index contributed by atoms with van der Waals surface area (Å²) in [6, 6.07) is -1.66. The molecule has 2 amide bonds. The zero-order chi connectivity index (χ0) is 22.7. The van der Waals surface area contributed by atoms with Gasteiger partial charge in [-0.2, -0.15) is 0 Å². The van der Waals surface area contributed by atoms with Crippen LogP contribution in [0.25, 0.3) is 0 Å². The lowest BCUT2D eigenvalue weighted by atomic mass is 10.1. The van der Waals surface area contributed by atoms with E-state index < -0.39 is 35.2 Å². The number of amides is 2. The molecule has 30 heavy (non-hydrogen) atoms. The topological polar surface area (TPSA) is 165 Å². The van der Waals surface area contributed by atoms with Crippen molar-refractivity contribution in [2.24, 2.45) is 5.92 Å². The zero-order valence-corrected chi connectivity index (χ0v) is 17.7. The number of thioether (sulfide) groups is 1. The molecule has 1 rings (SSSR count). The Morgan fingerprint density at radius 2 is 1.93 bits per heavy atom. The summed E-state index contributed by atoms with van der Waals surface area (Å²) in [4.78, 5) is 62.9. The van der Waals surface area contributed by atoms with Crippen molar-refractivity contribution in [3.63, 3.8) is 0 Å². The fourth-order valence-electron chi connectivity index (χ4n) is 2.76. The van der Waals surface area contributed by atoms with Gasteiger partial charge in [-0.05, 0) is 32.6 Å². The molecule has 0 spiro atoms. The van der Waals surface area contributed by atoms with E-state index in [1.807, 2.05) is 0 Å². The molecular weight excluding hydrogens is 422 g/mol. The summed E-state index contributed by atoms with van der Waals surface area (Å²) in [5, 5.41) is 20.3. The van der Waals surface area contributed by atoms with Crippen molar-refractivity contribution < 1.29 is 38.9 Å². The lowest BCUT2D eigenvalue weighted by molar-refractivity contribution is -0.757. The number of likely N-dealkylation sites (tertiary alicyclic amines) is 1. The summed E-state index contributed by atoms with van der Waals surface area (Å²) in [7, 11) is 0. The predicted molar refractivity (Wildman–Crippen MR) is 105 cm³/mol. The Labute approximate surface area is 177 Å². The molecule has 1 aliphatic heterocycles. The van der Waals surface area contributed by atoms with E-state index in [4.69, 9.17) is 4.74 Å². The number of rotatable bonds is 12. The maximum atomic E-state index is 12.5. The Hall–Kier alpha value is -2.57. The van der Waals surface area contributed by atoms with Gasteiger partial charge in [0.1, 0.15) is 6.04 Å². The summed E-state index contributed by atoms with van der Waals surface area (Å²) in [5.41, 5.74) is 0. The van der Waals surface area contributed by atoms with Crippen molar-refractivity contribution in [2.75, 3.05) is 25.5 Å². The van der Waals surface area contributed by atoms with Gasteiger partial charge in [0.2, 0.25) is 11.0 Å². The molecule has 1 heterocycles. The average molecular weight is 449 g/mol. The molecular formula is C17H27N3O9S. The first-order chi connectivity index (χ1) is 14.1. The first-order valence-corrected chi connectivity index (χ1v) is 10.5. The van der Waals surface area contributed by atoms with Crippen LogP contribution >= 0.6 is 11.8 Å². The van der Waals surface area contributed by atoms with E-state index in [0.717, 1.165) is 11.8 Å². The Bertz CT molecular complexity index is 646. The molecule has 0 aromatic carbocycles. The second-order valence-corrected chi connectivity index (χ2v) is 7.85. The van der Waals surface area contributed by atoms with Gasteiger partial charge in [-0.25, -0.2) is 9.59 Å². The normalized spacial score (nSPS) is 17.7. The first kappa shape index (κ1) is 25.5. The van der Waals surface area contributed by atoms with E-state index in [1.54, 1.807) is 6.92 Å². The van der Waals surface area contributed by atoms with Gasteiger partial charge in [-0.3, -0.25) is 9.59 Å². The van der Waals surface area contributed by atoms with E-state index in [9.17, 15) is 34.4 Å². The molecule has 0 aliphatic carbocycles. The van der Waals surface area contributed by atoms with Gasteiger partial charge in [0, 0.05) is 18.2 Å². The fourth-order valence-corrected chi connectivity index (χ4v) is 3.62. The Morgan fingerprint density at radius 3 is 2.57 bits per heavy atom. The van der Waals surface area contributed by atoms with Crippen LogP contribution in [-0.4, -0.2) is 75.8 Å². The number of hydrogen-bond acceptors (Lipinski definition) is 9. The number of nitrogens with zero attached hydrogens (tertiary/aromatic N) is 2. The smallest absolute Gasteiger partial charge is 0.407 e. The highest BCUT2D eigenvalue weighted by molar-refractivity contribution is 8.13. The van der Waals surface area contributed by atoms with Gasteiger partial charge in [-0.15, -0.1) is 10.1 Å². The number of nitrogens with one attached hydrogen (secondary N) is 1. The second kappa shape index (κ2) is 12.9. The maximum Gasteiger partial charge on any atom is 0.407 e. The summed E-state index contributed by atoms with van der Waals surface area (Å²) in [5.74, 6) is -1.71. The first-order valence-electron chi connectivity index (χ1n) is 9.54. The Morgan fingerprint density at radius 1 is 1.27 bits per heavy atom. The molecule has 0 saturated carbocycles. The van der Waals surface area contributed by atoms with Gasteiger partial charge in [0.05, 0.1) is 19.3 Å². The highest BCUT2D eigenvalue weighted by atomic mass is 32.2. The molecule has 12 nitrogen and oxygen atoms in total. The highest BCUT2D eigenvalue weighted by Gasteiger charge is 2.36. The van der Waals surface area contributed by atoms with Crippen molar-refractivity contribution in [2.45, 2.75) is 51.6 Å². The molecule has 0 aromatic heterocycles. The van der Waals surface area contributed by atoms with Crippen LogP contribution in [0.15, 0.2) is 0 Å². The fraction of sp³-hybridized carbons (Fsp3) is 0.765. The molecule has 1 aliphatic rings. The standard InChI is InChI=1S/C17H27N3O9S/c1-11(14(21)19-7-5-6-13(19)15(22)23)10-30-16(24)12(2)18-17(25)28-8-3-4-9-29-20(26)27/h11-13H,3-10H2,1-2H3,(H,18,25)(H,22,23)/t11?,12-,13-/m0/s1. The van der Waals surface area contributed by atoms with Crippen LogP contribution in [0.4, 0.5) is 4.79 Å². The largest absolute Gasteiger partial charge is 0.480 e. The number of aliphatic carboxylic acids is 1. The lowest BCUT2D eigenvalue weighted by Gasteiger charge is -2.24.